The molecule has 0 aliphatic heterocycles. The van der Waals surface area contributed by atoms with E-state index in [-0.39, 0.29) is 10.5 Å². The molecule has 0 heterocycles. The van der Waals surface area contributed by atoms with Gasteiger partial charge in [0, 0.05) is 12.3 Å². The lowest BCUT2D eigenvalue weighted by Gasteiger charge is -2.13. The summed E-state index contributed by atoms with van der Waals surface area (Å²) in [5, 5.41) is 2.66. The van der Waals surface area contributed by atoms with Crippen molar-refractivity contribution in [3.8, 4) is 11.5 Å². The van der Waals surface area contributed by atoms with E-state index in [0.29, 0.717) is 17.2 Å². The van der Waals surface area contributed by atoms with Gasteiger partial charge in [0.2, 0.25) is 0 Å². The summed E-state index contributed by atoms with van der Waals surface area (Å²) >= 11 is 0. The lowest BCUT2D eigenvalue weighted by molar-refractivity contribution is 0.102. The van der Waals surface area contributed by atoms with Gasteiger partial charge in [-0.1, -0.05) is 12.1 Å². The predicted molar refractivity (Wildman–Crippen MR) is 87.1 cm³/mol. The van der Waals surface area contributed by atoms with E-state index in [9.17, 15) is 13.2 Å². The van der Waals surface area contributed by atoms with Crippen molar-refractivity contribution in [3.63, 3.8) is 0 Å². The third kappa shape index (κ3) is 3.81. The van der Waals surface area contributed by atoms with Crippen molar-refractivity contribution < 1.29 is 22.7 Å². The molecule has 1 N–H and O–H groups in total. The molecule has 7 heteroatoms. The fourth-order valence-corrected chi connectivity index (χ4v) is 2.96. The van der Waals surface area contributed by atoms with Crippen LogP contribution in [0.2, 0.25) is 0 Å². The highest BCUT2D eigenvalue weighted by Gasteiger charge is 2.19. The SMILES string of the molecule is COc1ccc(OC)c(NC(=O)c2ccccc2S(C)(=O)=O)c1. The number of benzene rings is 2. The van der Waals surface area contributed by atoms with Gasteiger partial charge in [0.25, 0.3) is 5.91 Å². The predicted octanol–water partition coefficient (Wildman–Crippen LogP) is 2.36. The van der Waals surface area contributed by atoms with Crippen molar-refractivity contribution in [2.45, 2.75) is 4.90 Å². The lowest BCUT2D eigenvalue weighted by Crippen LogP contribution is -2.16. The normalized spacial score (nSPS) is 10.9. The molecule has 23 heavy (non-hydrogen) atoms. The van der Waals surface area contributed by atoms with Crippen LogP contribution in [0.25, 0.3) is 0 Å². The van der Waals surface area contributed by atoms with E-state index in [2.05, 4.69) is 5.32 Å². The molecule has 6 nitrogen and oxygen atoms in total. The van der Waals surface area contributed by atoms with Crippen molar-refractivity contribution in [3.05, 3.63) is 48.0 Å². The van der Waals surface area contributed by atoms with E-state index >= 15 is 0 Å². The molecular weight excluding hydrogens is 318 g/mol. The minimum absolute atomic E-state index is 0.0284. The molecule has 0 fully saturated rings. The molecule has 0 aliphatic carbocycles. The van der Waals surface area contributed by atoms with Crippen LogP contribution in [0.3, 0.4) is 0 Å². The van der Waals surface area contributed by atoms with Gasteiger partial charge in [0.1, 0.15) is 11.5 Å². The fraction of sp³-hybridized carbons (Fsp3) is 0.188. The average molecular weight is 335 g/mol. The number of sulfone groups is 1. The van der Waals surface area contributed by atoms with Gasteiger partial charge in [-0.15, -0.1) is 0 Å². The number of rotatable bonds is 5. The van der Waals surface area contributed by atoms with E-state index in [1.54, 1.807) is 30.3 Å². The molecule has 2 aromatic carbocycles. The number of nitrogens with one attached hydrogen (secondary N) is 1. The second-order valence-corrected chi connectivity index (χ2v) is 6.77. The Labute approximate surface area is 135 Å². The Bertz CT molecular complexity index is 830. The number of anilines is 1. The van der Waals surface area contributed by atoms with Crippen molar-refractivity contribution >= 4 is 21.4 Å². The highest BCUT2D eigenvalue weighted by molar-refractivity contribution is 7.90. The van der Waals surface area contributed by atoms with E-state index in [1.807, 2.05) is 0 Å². The summed E-state index contributed by atoms with van der Waals surface area (Å²) in [5.74, 6) is 0.436. The Kier molecular flexibility index (Phi) is 4.90. The van der Waals surface area contributed by atoms with Gasteiger partial charge in [-0.3, -0.25) is 4.79 Å². The summed E-state index contributed by atoms with van der Waals surface area (Å²) in [4.78, 5) is 12.4. The van der Waals surface area contributed by atoms with Gasteiger partial charge >= 0.3 is 0 Å². The second-order valence-electron chi connectivity index (χ2n) is 4.79. The van der Waals surface area contributed by atoms with Gasteiger partial charge in [-0.2, -0.15) is 0 Å². The minimum atomic E-state index is -3.52. The van der Waals surface area contributed by atoms with Crippen molar-refractivity contribution in [1.29, 1.82) is 0 Å². The van der Waals surface area contributed by atoms with Gasteiger partial charge < -0.3 is 14.8 Å². The molecule has 0 radical (unpaired) electrons. The van der Waals surface area contributed by atoms with E-state index in [4.69, 9.17) is 9.47 Å². The maximum atomic E-state index is 12.5. The molecule has 2 aromatic rings. The number of amides is 1. The summed E-state index contributed by atoms with van der Waals surface area (Å²) in [6, 6.07) is 11.0. The third-order valence-electron chi connectivity index (χ3n) is 3.19. The van der Waals surface area contributed by atoms with Crippen LogP contribution < -0.4 is 14.8 Å². The summed E-state index contributed by atoms with van der Waals surface area (Å²) in [6.45, 7) is 0. The first kappa shape index (κ1) is 16.8. The molecule has 0 atom stereocenters. The number of ether oxygens (including phenoxy) is 2. The van der Waals surface area contributed by atoms with Crippen LogP contribution in [0.4, 0.5) is 5.69 Å². The summed E-state index contributed by atoms with van der Waals surface area (Å²) in [5.41, 5.74) is 0.458. The monoisotopic (exact) mass is 335 g/mol. The molecule has 0 spiro atoms. The number of methoxy groups -OCH3 is 2. The first-order valence-electron chi connectivity index (χ1n) is 6.69. The number of hydrogen-bond acceptors (Lipinski definition) is 5. The quantitative estimate of drug-likeness (QED) is 0.907. The highest BCUT2D eigenvalue weighted by Crippen LogP contribution is 2.29. The first-order chi connectivity index (χ1) is 10.9. The minimum Gasteiger partial charge on any atom is -0.497 e. The number of hydrogen-bond donors (Lipinski definition) is 1. The van der Waals surface area contributed by atoms with Crippen LogP contribution in [0, 0.1) is 0 Å². The zero-order chi connectivity index (χ0) is 17.0. The number of carbonyl (C=O) groups is 1. The second kappa shape index (κ2) is 6.70. The van der Waals surface area contributed by atoms with Crippen LogP contribution >= 0.6 is 0 Å². The molecule has 1 amide bonds. The van der Waals surface area contributed by atoms with E-state index < -0.39 is 15.7 Å². The highest BCUT2D eigenvalue weighted by atomic mass is 32.2. The van der Waals surface area contributed by atoms with E-state index in [1.165, 1.54) is 26.4 Å². The average Bonchev–Trinajstić information content (AvgIpc) is 2.54. The summed E-state index contributed by atoms with van der Waals surface area (Å²) < 4.78 is 33.9. The maximum Gasteiger partial charge on any atom is 0.257 e. The Balaban J connectivity index is 2.41. The van der Waals surface area contributed by atoms with Gasteiger partial charge in [-0.05, 0) is 24.3 Å². The first-order valence-corrected chi connectivity index (χ1v) is 8.58. The third-order valence-corrected chi connectivity index (χ3v) is 4.34. The Morgan fingerprint density at radius 3 is 2.35 bits per heavy atom. The van der Waals surface area contributed by atoms with Gasteiger partial charge in [0.15, 0.2) is 9.84 Å². The van der Waals surface area contributed by atoms with Gasteiger partial charge in [0.05, 0.1) is 30.4 Å². The van der Waals surface area contributed by atoms with Crippen molar-refractivity contribution in [1.82, 2.24) is 0 Å². The van der Waals surface area contributed by atoms with Crippen LogP contribution in [-0.4, -0.2) is 34.8 Å². The zero-order valence-corrected chi connectivity index (χ0v) is 13.8. The standard InChI is InChI=1S/C16H17NO5S/c1-21-11-8-9-14(22-2)13(10-11)17-16(18)12-6-4-5-7-15(12)23(3,19)20/h4-10H,1-3H3,(H,17,18). The molecule has 0 saturated heterocycles. The zero-order valence-electron chi connectivity index (χ0n) is 13.0. The summed E-state index contributed by atoms with van der Waals surface area (Å²) in [7, 11) is -0.536. The largest absolute Gasteiger partial charge is 0.497 e. The number of carbonyl (C=O) groups excluding carboxylic acids is 1. The Hall–Kier alpha value is -2.54. The molecule has 0 aromatic heterocycles. The van der Waals surface area contributed by atoms with Crippen molar-refractivity contribution in [2.24, 2.45) is 0 Å². The molecular formula is C16H17NO5S. The topological polar surface area (TPSA) is 81.7 Å². The molecule has 0 unspecified atom stereocenters. The van der Waals surface area contributed by atoms with Crippen LogP contribution in [0.5, 0.6) is 11.5 Å². The fourth-order valence-electron chi connectivity index (χ4n) is 2.08. The van der Waals surface area contributed by atoms with Crippen molar-refractivity contribution in [2.75, 3.05) is 25.8 Å². The van der Waals surface area contributed by atoms with Gasteiger partial charge in [-0.25, -0.2) is 8.42 Å². The molecule has 0 saturated carbocycles. The van der Waals surface area contributed by atoms with Crippen LogP contribution in [0.15, 0.2) is 47.4 Å². The maximum absolute atomic E-state index is 12.5. The van der Waals surface area contributed by atoms with Crippen LogP contribution in [0.1, 0.15) is 10.4 Å². The molecule has 0 bridgehead atoms. The Morgan fingerprint density at radius 2 is 1.74 bits per heavy atom. The molecule has 2 rings (SSSR count). The van der Waals surface area contributed by atoms with Crippen LogP contribution in [-0.2, 0) is 9.84 Å². The summed E-state index contributed by atoms with van der Waals surface area (Å²) in [6.07, 6.45) is 1.06. The smallest absolute Gasteiger partial charge is 0.257 e. The lowest BCUT2D eigenvalue weighted by atomic mass is 10.2. The Morgan fingerprint density at radius 1 is 1.04 bits per heavy atom. The molecule has 122 valence electrons. The molecule has 0 aliphatic rings. The van der Waals surface area contributed by atoms with E-state index in [0.717, 1.165) is 6.26 Å².